The molecular weight excluding hydrogens is 496 g/mol. The second kappa shape index (κ2) is 9.68. The van der Waals surface area contributed by atoms with Gasteiger partial charge in [0, 0.05) is 40.1 Å². The maximum absolute atomic E-state index is 13.4. The first kappa shape index (κ1) is 25.6. The molecule has 1 aromatic heterocycles. The Morgan fingerprint density at radius 1 is 0.947 bits per heavy atom. The number of benzene rings is 3. The Hall–Kier alpha value is -4.04. The summed E-state index contributed by atoms with van der Waals surface area (Å²) in [5.74, 6) is 1.55. The fraction of sp³-hybridized carbons (Fsp3) is 0.233. The lowest BCUT2D eigenvalue weighted by molar-refractivity contribution is 0.414. The third-order valence-electron chi connectivity index (χ3n) is 6.67. The quantitative estimate of drug-likeness (QED) is 0.285. The van der Waals surface area contributed by atoms with Crippen molar-refractivity contribution < 1.29 is 13.2 Å². The molecule has 0 amide bonds. The van der Waals surface area contributed by atoms with Gasteiger partial charge in [-0.1, -0.05) is 32.9 Å². The van der Waals surface area contributed by atoms with Crippen molar-refractivity contribution in [1.82, 2.24) is 10.2 Å². The monoisotopic (exact) mass is 528 g/mol. The van der Waals surface area contributed by atoms with Crippen LogP contribution >= 0.6 is 0 Å². The number of ether oxygens (including phenoxy) is 1. The molecule has 1 atom stereocenters. The van der Waals surface area contributed by atoms with Gasteiger partial charge in [0.2, 0.25) is 9.84 Å². The third kappa shape index (κ3) is 4.91. The lowest BCUT2D eigenvalue weighted by Gasteiger charge is -2.34. The van der Waals surface area contributed by atoms with Crippen molar-refractivity contribution in [2.45, 2.75) is 48.9 Å². The van der Waals surface area contributed by atoms with E-state index in [-0.39, 0.29) is 21.2 Å². The van der Waals surface area contributed by atoms with E-state index in [1.165, 1.54) is 0 Å². The maximum Gasteiger partial charge on any atom is 0.206 e. The Balaban J connectivity index is 1.35. The highest BCUT2D eigenvalue weighted by molar-refractivity contribution is 7.91. The molecule has 2 heterocycles. The molecule has 1 aliphatic heterocycles. The SMILES string of the molecule is COc1ccc2c(c1)C=CC(C)N2c1ccc(S(=O)(=O)c2ccc(Nc3cc(C(C)(C)C)n[nH]3)cc2)cc1. The summed E-state index contributed by atoms with van der Waals surface area (Å²) in [6.07, 6.45) is 4.21. The summed E-state index contributed by atoms with van der Waals surface area (Å²) in [6, 6.07) is 21.8. The molecule has 0 spiro atoms. The van der Waals surface area contributed by atoms with Crippen LogP contribution < -0.4 is 15.0 Å². The molecule has 4 aromatic rings. The fourth-order valence-electron chi connectivity index (χ4n) is 4.50. The molecule has 5 rings (SSSR count). The van der Waals surface area contributed by atoms with Gasteiger partial charge >= 0.3 is 0 Å². The summed E-state index contributed by atoms with van der Waals surface area (Å²) < 4.78 is 32.1. The van der Waals surface area contributed by atoms with E-state index in [1.807, 2.05) is 36.4 Å². The average Bonchev–Trinajstić information content (AvgIpc) is 3.38. The number of aromatic amines is 1. The highest BCUT2D eigenvalue weighted by Gasteiger charge is 2.23. The molecule has 0 saturated heterocycles. The number of fused-ring (bicyclic) bond motifs is 1. The standard InChI is InChI=1S/C30H32N4O3S/c1-20-6-7-21-18-24(37-5)12-17-27(21)34(20)23-10-15-26(16-11-23)38(35,36)25-13-8-22(9-14-25)31-29-19-28(32-33-29)30(2,3)4/h6-20H,1-5H3,(H2,31,32,33). The van der Waals surface area contributed by atoms with Gasteiger partial charge < -0.3 is 15.0 Å². The Kier molecular flexibility index (Phi) is 6.53. The summed E-state index contributed by atoms with van der Waals surface area (Å²) in [7, 11) is -2.02. The smallest absolute Gasteiger partial charge is 0.206 e. The van der Waals surface area contributed by atoms with Crippen molar-refractivity contribution in [3.8, 4) is 5.75 Å². The van der Waals surface area contributed by atoms with Gasteiger partial charge in [-0.05, 0) is 73.7 Å². The van der Waals surface area contributed by atoms with Crippen LogP contribution in [0.25, 0.3) is 6.08 Å². The number of nitrogens with one attached hydrogen (secondary N) is 2. The first-order valence-corrected chi connectivity index (χ1v) is 14.0. The van der Waals surface area contributed by atoms with Crippen LogP contribution in [-0.4, -0.2) is 31.8 Å². The van der Waals surface area contributed by atoms with Crippen molar-refractivity contribution in [2.24, 2.45) is 0 Å². The van der Waals surface area contributed by atoms with Crippen LogP contribution in [0.2, 0.25) is 0 Å². The van der Waals surface area contributed by atoms with Gasteiger partial charge in [-0.25, -0.2) is 8.42 Å². The predicted molar refractivity (Wildman–Crippen MR) is 153 cm³/mol. The zero-order valence-corrected chi connectivity index (χ0v) is 23.0. The minimum Gasteiger partial charge on any atom is -0.497 e. The molecule has 0 aliphatic carbocycles. The van der Waals surface area contributed by atoms with Gasteiger partial charge in [-0.2, -0.15) is 5.10 Å². The van der Waals surface area contributed by atoms with E-state index >= 15 is 0 Å². The molecule has 0 saturated carbocycles. The van der Waals surface area contributed by atoms with Gasteiger partial charge in [0.25, 0.3) is 0 Å². The summed E-state index contributed by atoms with van der Waals surface area (Å²) in [5.41, 5.74) is 4.67. The molecule has 1 aliphatic rings. The molecule has 7 nitrogen and oxygen atoms in total. The van der Waals surface area contributed by atoms with Gasteiger partial charge in [0.05, 0.1) is 22.6 Å². The van der Waals surface area contributed by atoms with Gasteiger partial charge in [0.1, 0.15) is 11.6 Å². The first-order valence-electron chi connectivity index (χ1n) is 12.5. The summed E-state index contributed by atoms with van der Waals surface area (Å²) in [4.78, 5) is 2.68. The average molecular weight is 529 g/mol. The van der Waals surface area contributed by atoms with Crippen LogP contribution in [0.15, 0.2) is 88.7 Å². The lowest BCUT2D eigenvalue weighted by atomic mass is 9.92. The van der Waals surface area contributed by atoms with E-state index < -0.39 is 9.84 Å². The number of methoxy groups -OCH3 is 1. The van der Waals surface area contributed by atoms with E-state index in [0.717, 1.165) is 39.9 Å². The number of hydrogen-bond donors (Lipinski definition) is 2. The number of anilines is 4. The molecule has 1 unspecified atom stereocenters. The van der Waals surface area contributed by atoms with Gasteiger partial charge in [-0.15, -0.1) is 0 Å². The lowest BCUT2D eigenvalue weighted by Crippen LogP contribution is -2.29. The Bertz CT molecular complexity index is 1580. The Labute approximate surface area is 224 Å². The molecule has 0 bridgehead atoms. The molecule has 8 heteroatoms. The zero-order valence-electron chi connectivity index (χ0n) is 22.2. The molecule has 38 heavy (non-hydrogen) atoms. The topological polar surface area (TPSA) is 87.3 Å². The van der Waals surface area contributed by atoms with Crippen molar-refractivity contribution in [3.05, 3.63) is 90.1 Å². The summed E-state index contributed by atoms with van der Waals surface area (Å²) in [5, 5.41) is 10.6. The van der Waals surface area contributed by atoms with Gasteiger partial charge in [-0.3, -0.25) is 5.10 Å². The second-order valence-corrected chi connectivity index (χ2v) is 12.4. The summed E-state index contributed by atoms with van der Waals surface area (Å²) in [6.45, 7) is 8.40. The normalized spacial score (nSPS) is 15.3. The maximum atomic E-state index is 13.4. The second-order valence-electron chi connectivity index (χ2n) is 10.5. The van der Waals surface area contributed by atoms with E-state index in [2.05, 4.69) is 60.3 Å². The highest BCUT2D eigenvalue weighted by atomic mass is 32.2. The number of hydrogen-bond acceptors (Lipinski definition) is 6. The molecule has 3 aromatic carbocycles. The number of nitrogens with zero attached hydrogens (tertiary/aromatic N) is 2. The molecule has 0 radical (unpaired) electrons. The van der Waals surface area contributed by atoms with Crippen LogP contribution in [0.1, 0.15) is 39.0 Å². The van der Waals surface area contributed by atoms with E-state index in [4.69, 9.17) is 4.74 Å². The number of sulfone groups is 1. The third-order valence-corrected chi connectivity index (χ3v) is 8.46. The number of H-pyrrole nitrogens is 1. The number of rotatable bonds is 6. The van der Waals surface area contributed by atoms with Crippen molar-refractivity contribution in [2.75, 3.05) is 17.3 Å². The largest absolute Gasteiger partial charge is 0.497 e. The molecular formula is C30H32N4O3S. The van der Waals surface area contributed by atoms with Crippen molar-refractivity contribution in [1.29, 1.82) is 0 Å². The molecule has 2 N–H and O–H groups in total. The predicted octanol–water partition coefficient (Wildman–Crippen LogP) is 6.85. The van der Waals surface area contributed by atoms with Crippen LogP contribution in [0.5, 0.6) is 5.75 Å². The molecule has 0 fully saturated rings. The van der Waals surface area contributed by atoms with E-state index in [0.29, 0.717) is 0 Å². The van der Waals surface area contributed by atoms with Crippen molar-refractivity contribution >= 4 is 38.8 Å². The van der Waals surface area contributed by atoms with E-state index in [9.17, 15) is 8.42 Å². The van der Waals surface area contributed by atoms with Crippen molar-refractivity contribution in [3.63, 3.8) is 0 Å². The van der Waals surface area contributed by atoms with E-state index in [1.54, 1.807) is 43.5 Å². The van der Waals surface area contributed by atoms with Crippen LogP contribution in [-0.2, 0) is 15.3 Å². The number of aromatic nitrogens is 2. The van der Waals surface area contributed by atoms with Crippen LogP contribution in [0.4, 0.5) is 22.9 Å². The molecule has 196 valence electrons. The highest BCUT2D eigenvalue weighted by Crippen LogP contribution is 2.38. The minimum absolute atomic E-state index is 0.0659. The fourth-order valence-corrected chi connectivity index (χ4v) is 5.76. The summed E-state index contributed by atoms with van der Waals surface area (Å²) >= 11 is 0. The van der Waals surface area contributed by atoms with Crippen LogP contribution in [0, 0.1) is 0 Å². The first-order chi connectivity index (χ1) is 18.1. The van der Waals surface area contributed by atoms with Crippen LogP contribution in [0.3, 0.4) is 0 Å². The Morgan fingerprint density at radius 3 is 2.21 bits per heavy atom. The zero-order chi connectivity index (χ0) is 27.1. The van der Waals surface area contributed by atoms with Gasteiger partial charge in [0.15, 0.2) is 0 Å². The minimum atomic E-state index is -3.67. The Morgan fingerprint density at radius 2 is 1.61 bits per heavy atom.